The van der Waals surface area contributed by atoms with Crippen molar-refractivity contribution in [1.82, 2.24) is 9.80 Å². The van der Waals surface area contributed by atoms with E-state index in [2.05, 4.69) is 4.90 Å². The van der Waals surface area contributed by atoms with Crippen molar-refractivity contribution >= 4 is 11.7 Å². The quantitative estimate of drug-likeness (QED) is 0.830. The Bertz CT molecular complexity index is 474. The monoisotopic (exact) mass is 274 g/mol. The van der Waals surface area contributed by atoms with Crippen LogP contribution in [0.25, 0.3) is 0 Å². The molecule has 20 heavy (non-hydrogen) atoms. The van der Waals surface area contributed by atoms with Gasteiger partial charge in [-0.3, -0.25) is 14.5 Å². The molecule has 1 fully saturated rings. The van der Waals surface area contributed by atoms with E-state index in [0.717, 1.165) is 31.7 Å². The molecule has 0 aliphatic carbocycles. The summed E-state index contributed by atoms with van der Waals surface area (Å²) in [6, 6.07) is 8.10. The molecule has 1 amide bonds. The van der Waals surface area contributed by atoms with Gasteiger partial charge < -0.3 is 4.90 Å². The van der Waals surface area contributed by atoms with E-state index in [1.807, 2.05) is 36.1 Å². The van der Waals surface area contributed by atoms with Gasteiger partial charge in [-0.15, -0.1) is 0 Å². The van der Waals surface area contributed by atoms with Crippen LogP contribution in [0.4, 0.5) is 0 Å². The Morgan fingerprint density at radius 2 is 1.65 bits per heavy atom. The van der Waals surface area contributed by atoms with Gasteiger partial charge in [-0.25, -0.2) is 0 Å². The molecule has 1 saturated heterocycles. The molecule has 108 valence electrons. The number of piperazine rings is 1. The summed E-state index contributed by atoms with van der Waals surface area (Å²) >= 11 is 0. The molecule has 2 rings (SSSR count). The van der Waals surface area contributed by atoms with Crippen LogP contribution in [0.2, 0.25) is 0 Å². The van der Waals surface area contributed by atoms with E-state index in [1.54, 1.807) is 6.92 Å². The van der Waals surface area contributed by atoms with Crippen LogP contribution < -0.4 is 0 Å². The van der Waals surface area contributed by atoms with Crippen molar-refractivity contribution in [2.45, 2.75) is 20.3 Å². The summed E-state index contributed by atoms with van der Waals surface area (Å²) in [5.74, 6) is 0.362. The first kappa shape index (κ1) is 14.7. The first-order valence-electron chi connectivity index (χ1n) is 7.10. The van der Waals surface area contributed by atoms with E-state index >= 15 is 0 Å². The van der Waals surface area contributed by atoms with Gasteiger partial charge >= 0.3 is 0 Å². The molecule has 0 aromatic heterocycles. The van der Waals surface area contributed by atoms with Crippen LogP contribution in [0.5, 0.6) is 0 Å². The predicted octanol–water partition coefficient (Wildman–Crippen LogP) is 1.27. The molecule has 4 heteroatoms. The largest absolute Gasteiger partial charge is 0.340 e. The Labute approximate surface area is 120 Å². The van der Waals surface area contributed by atoms with E-state index in [0.29, 0.717) is 13.0 Å². The Kier molecular flexibility index (Phi) is 4.90. The topological polar surface area (TPSA) is 40.6 Å². The minimum Gasteiger partial charge on any atom is -0.340 e. The lowest BCUT2D eigenvalue weighted by molar-refractivity contribution is -0.132. The third-order valence-electron chi connectivity index (χ3n) is 3.65. The van der Waals surface area contributed by atoms with Gasteiger partial charge in [-0.05, 0) is 19.4 Å². The van der Waals surface area contributed by atoms with Gasteiger partial charge in [0.25, 0.3) is 0 Å². The van der Waals surface area contributed by atoms with Gasteiger partial charge in [-0.2, -0.15) is 0 Å². The fourth-order valence-electron chi connectivity index (χ4n) is 2.46. The summed E-state index contributed by atoms with van der Waals surface area (Å²) in [7, 11) is 0. The molecule has 1 heterocycles. The highest BCUT2D eigenvalue weighted by Gasteiger charge is 2.21. The van der Waals surface area contributed by atoms with Crippen molar-refractivity contribution in [3.8, 4) is 0 Å². The number of hydrogen-bond donors (Lipinski definition) is 0. The fourth-order valence-corrected chi connectivity index (χ4v) is 2.46. The Hall–Kier alpha value is -1.68. The van der Waals surface area contributed by atoms with Gasteiger partial charge in [0.15, 0.2) is 0 Å². The number of aryl methyl sites for hydroxylation is 1. The first-order valence-corrected chi connectivity index (χ1v) is 7.10. The molecule has 0 atom stereocenters. The van der Waals surface area contributed by atoms with Crippen LogP contribution in [-0.2, 0) is 16.0 Å². The number of carbonyl (C=O) groups is 2. The molecule has 0 bridgehead atoms. The average molecular weight is 274 g/mol. The van der Waals surface area contributed by atoms with E-state index in [4.69, 9.17) is 0 Å². The smallest absolute Gasteiger partial charge is 0.227 e. The molecule has 1 aromatic carbocycles. The highest BCUT2D eigenvalue weighted by molar-refractivity contribution is 5.79. The Balaban J connectivity index is 1.82. The van der Waals surface area contributed by atoms with Crippen LogP contribution in [0.15, 0.2) is 24.3 Å². The summed E-state index contributed by atoms with van der Waals surface area (Å²) in [6.45, 7) is 7.17. The molecule has 0 N–H and O–H groups in total. The number of nitrogens with zero attached hydrogens (tertiary/aromatic N) is 2. The van der Waals surface area contributed by atoms with E-state index in [9.17, 15) is 9.59 Å². The highest BCUT2D eigenvalue weighted by Crippen LogP contribution is 2.08. The zero-order valence-electron chi connectivity index (χ0n) is 12.3. The summed E-state index contributed by atoms with van der Waals surface area (Å²) in [5.41, 5.74) is 2.27. The molecule has 1 aromatic rings. The van der Waals surface area contributed by atoms with Crippen molar-refractivity contribution in [3.05, 3.63) is 35.4 Å². The predicted molar refractivity (Wildman–Crippen MR) is 78.6 cm³/mol. The van der Waals surface area contributed by atoms with Gasteiger partial charge in [0.05, 0.1) is 13.0 Å². The van der Waals surface area contributed by atoms with Gasteiger partial charge in [-0.1, -0.05) is 29.8 Å². The molecule has 1 aliphatic heterocycles. The van der Waals surface area contributed by atoms with Crippen LogP contribution in [0.1, 0.15) is 18.1 Å². The zero-order valence-corrected chi connectivity index (χ0v) is 12.3. The van der Waals surface area contributed by atoms with E-state index in [-0.39, 0.29) is 11.7 Å². The van der Waals surface area contributed by atoms with Crippen molar-refractivity contribution in [1.29, 1.82) is 0 Å². The summed E-state index contributed by atoms with van der Waals surface area (Å²) in [4.78, 5) is 27.3. The number of carbonyl (C=O) groups excluding carboxylic acids is 2. The van der Waals surface area contributed by atoms with Gasteiger partial charge in [0.2, 0.25) is 5.91 Å². The lowest BCUT2D eigenvalue weighted by Gasteiger charge is -2.34. The normalized spacial score (nSPS) is 16.2. The molecular formula is C16H22N2O2. The van der Waals surface area contributed by atoms with E-state index in [1.165, 1.54) is 5.56 Å². The fraction of sp³-hybridized carbons (Fsp3) is 0.500. The summed E-state index contributed by atoms with van der Waals surface area (Å²) < 4.78 is 0. The molecule has 0 saturated carbocycles. The number of benzene rings is 1. The maximum absolute atomic E-state index is 12.2. The molecule has 0 spiro atoms. The van der Waals surface area contributed by atoms with Gasteiger partial charge in [0.1, 0.15) is 5.78 Å². The Morgan fingerprint density at radius 3 is 2.20 bits per heavy atom. The minimum absolute atomic E-state index is 0.177. The van der Waals surface area contributed by atoms with Crippen LogP contribution in [0, 0.1) is 6.92 Å². The molecule has 0 radical (unpaired) electrons. The van der Waals surface area contributed by atoms with Gasteiger partial charge in [0, 0.05) is 26.2 Å². The average Bonchev–Trinajstić information content (AvgIpc) is 2.41. The lowest BCUT2D eigenvalue weighted by Crippen LogP contribution is -2.50. The van der Waals surface area contributed by atoms with Crippen molar-refractivity contribution in [2.75, 3.05) is 32.7 Å². The number of Topliss-reactive ketones (excluding diaryl/α,β-unsaturated/α-hetero) is 1. The maximum Gasteiger partial charge on any atom is 0.227 e. The molecule has 0 unspecified atom stereocenters. The SMILES string of the molecule is CC(=O)CN1CCN(C(=O)Cc2ccc(C)cc2)CC1. The van der Waals surface area contributed by atoms with Crippen LogP contribution in [0.3, 0.4) is 0 Å². The van der Waals surface area contributed by atoms with Crippen molar-refractivity contribution < 1.29 is 9.59 Å². The number of amides is 1. The van der Waals surface area contributed by atoms with E-state index < -0.39 is 0 Å². The minimum atomic E-state index is 0.177. The number of rotatable bonds is 4. The van der Waals surface area contributed by atoms with Crippen molar-refractivity contribution in [2.24, 2.45) is 0 Å². The third-order valence-corrected chi connectivity index (χ3v) is 3.65. The third kappa shape index (κ3) is 4.17. The maximum atomic E-state index is 12.2. The number of hydrogen-bond acceptors (Lipinski definition) is 3. The van der Waals surface area contributed by atoms with Crippen LogP contribution in [-0.4, -0.2) is 54.2 Å². The summed E-state index contributed by atoms with van der Waals surface area (Å²) in [5, 5.41) is 0. The molecular weight excluding hydrogens is 252 g/mol. The Morgan fingerprint density at radius 1 is 1.05 bits per heavy atom. The standard InChI is InChI=1S/C16H22N2O2/c1-13-3-5-15(6-4-13)11-16(20)18-9-7-17(8-10-18)12-14(2)19/h3-6H,7-12H2,1-2H3. The molecule has 1 aliphatic rings. The van der Waals surface area contributed by atoms with Crippen molar-refractivity contribution in [3.63, 3.8) is 0 Å². The second-order valence-corrected chi connectivity index (χ2v) is 5.52. The second kappa shape index (κ2) is 6.66. The first-order chi connectivity index (χ1) is 9.54. The molecule has 4 nitrogen and oxygen atoms in total. The van der Waals surface area contributed by atoms with Crippen LogP contribution >= 0.6 is 0 Å². The zero-order chi connectivity index (χ0) is 14.5. The second-order valence-electron chi connectivity index (χ2n) is 5.52. The highest BCUT2D eigenvalue weighted by atomic mass is 16.2. The summed E-state index contributed by atoms with van der Waals surface area (Å²) in [6.07, 6.45) is 0.465. The lowest BCUT2D eigenvalue weighted by atomic mass is 10.1. The number of ketones is 1.